The summed E-state index contributed by atoms with van der Waals surface area (Å²) in [5, 5.41) is 5.80. The van der Waals surface area contributed by atoms with Crippen LogP contribution in [0.4, 0.5) is 20.6 Å². The smallest absolute Gasteiger partial charge is 0.317 e. The molecule has 1 saturated heterocycles. The van der Waals surface area contributed by atoms with E-state index in [9.17, 15) is 14.0 Å². The lowest BCUT2D eigenvalue weighted by molar-refractivity contribution is 0.0791. The van der Waals surface area contributed by atoms with Gasteiger partial charge in [0.05, 0.1) is 6.10 Å². The lowest BCUT2D eigenvalue weighted by Crippen LogP contribution is -2.45. The van der Waals surface area contributed by atoms with Gasteiger partial charge in [-0.3, -0.25) is 4.79 Å². The minimum atomic E-state index is -0.466. The van der Waals surface area contributed by atoms with Crippen molar-refractivity contribution in [2.75, 3.05) is 37.5 Å². The van der Waals surface area contributed by atoms with Crippen molar-refractivity contribution in [2.45, 2.75) is 45.4 Å². The quantitative estimate of drug-likeness (QED) is 0.623. The van der Waals surface area contributed by atoms with Gasteiger partial charge in [-0.15, -0.1) is 0 Å². The summed E-state index contributed by atoms with van der Waals surface area (Å²) in [5.41, 5.74) is 2.64. The Morgan fingerprint density at radius 1 is 1.18 bits per heavy atom. The molecule has 7 nitrogen and oxygen atoms in total. The third kappa shape index (κ3) is 6.92. The summed E-state index contributed by atoms with van der Waals surface area (Å²) in [7, 11) is 3.87. The molecule has 1 aliphatic rings. The normalized spacial score (nSPS) is 15.4. The van der Waals surface area contributed by atoms with Gasteiger partial charge in [0, 0.05) is 56.8 Å². The van der Waals surface area contributed by atoms with Crippen molar-refractivity contribution in [3.63, 3.8) is 0 Å². The SMILES string of the molecule is CC(C)NC(=O)N(Cc1cc(NC(=O)c2cccc(F)c2)ccc1N(C)C)CC1CCCO1. The second-order valence-electron chi connectivity index (χ2n) is 8.82. The average molecular weight is 457 g/mol. The number of carbonyl (C=O) groups is 2. The number of hydrogen-bond acceptors (Lipinski definition) is 4. The predicted octanol–water partition coefficient (Wildman–Crippen LogP) is 4.24. The Morgan fingerprint density at radius 3 is 2.61 bits per heavy atom. The number of urea groups is 1. The zero-order chi connectivity index (χ0) is 24.0. The van der Waals surface area contributed by atoms with Crippen LogP contribution in [-0.2, 0) is 11.3 Å². The highest BCUT2D eigenvalue weighted by atomic mass is 19.1. The van der Waals surface area contributed by atoms with Crippen molar-refractivity contribution >= 4 is 23.3 Å². The molecule has 3 rings (SSSR count). The van der Waals surface area contributed by atoms with Crippen LogP contribution in [0.2, 0.25) is 0 Å². The number of carbonyl (C=O) groups excluding carboxylic acids is 2. The van der Waals surface area contributed by atoms with Crippen LogP contribution in [0.5, 0.6) is 0 Å². The monoisotopic (exact) mass is 456 g/mol. The number of ether oxygens (including phenoxy) is 1. The van der Waals surface area contributed by atoms with E-state index in [1.165, 1.54) is 18.2 Å². The van der Waals surface area contributed by atoms with Crippen LogP contribution in [0.3, 0.4) is 0 Å². The van der Waals surface area contributed by atoms with E-state index < -0.39 is 11.7 Å². The van der Waals surface area contributed by atoms with Crippen molar-refractivity contribution in [3.05, 3.63) is 59.4 Å². The molecule has 0 aliphatic carbocycles. The van der Waals surface area contributed by atoms with Crippen molar-refractivity contribution in [2.24, 2.45) is 0 Å². The van der Waals surface area contributed by atoms with Gasteiger partial charge >= 0.3 is 6.03 Å². The molecular formula is C25H33FN4O3. The van der Waals surface area contributed by atoms with Crippen LogP contribution in [0, 0.1) is 5.82 Å². The Bertz CT molecular complexity index is 974. The molecule has 178 valence electrons. The average Bonchev–Trinajstić information content (AvgIpc) is 3.26. The maximum Gasteiger partial charge on any atom is 0.317 e. The van der Waals surface area contributed by atoms with E-state index >= 15 is 0 Å². The van der Waals surface area contributed by atoms with Gasteiger partial charge in [-0.1, -0.05) is 6.07 Å². The molecule has 2 aromatic carbocycles. The Hall–Kier alpha value is -3.13. The fourth-order valence-electron chi connectivity index (χ4n) is 3.86. The highest BCUT2D eigenvalue weighted by Crippen LogP contribution is 2.26. The molecule has 1 aliphatic heterocycles. The fourth-order valence-corrected chi connectivity index (χ4v) is 3.86. The van der Waals surface area contributed by atoms with Gasteiger partial charge in [-0.2, -0.15) is 0 Å². The van der Waals surface area contributed by atoms with Crippen molar-refractivity contribution < 1.29 is 18.7 Å². The summed E-state index contributed by atoms with van der Waals surface area (Å²) in [5.74, 6) is -0.862. The molecule has 3 amide bonds. The Balaban J connectivity index is 1.84. The summed E-state index contributed by atoms with van der Waals surface area (Å²) in [6.45, 7) is 5.42. The maximum absolute atomic E-state index is 13.5. The minimum absolute atomic E-state index is 0.00899. The first-order chi connectivity index (χ1) is 15.7. The largest absolute Gasteiger partial charge is 0.377 e. The number of hydrogen-bond donors (Lipinski definition) is 2. The Morgan fingerprint density at radius 2 is 1.97 bits per heavy atom. The van der Waals surface area contributed by atoms with E-state index in [1.54, 1.807) is 17.0 Å². The molecular weight excluding hydrogens is 423 g/mol. The first kappa shape index (κ1) is 24.5. The van der Waals surface area contributed by atoms with Crippen molar-refractivity contribution in [1.82, 2.24) is 10.2 Å². The summed E-state index contributed by atoms with van der Waals surface area (Å²) in [6, 6.07) is 11.0. The molecule has 0 bridgehead atoms. The fraction of sp³-hybridized carbons (Fsp3) is 0.440. The Labute approximate surface area is 194 Å². The molecule has 1 heterocycles. The summed E-state index contributed by atoms with van der Waals surface area (Å²) in [4.78, 5) is 29.3. The number of rotatable bonds is 8. The summed E-state index contributed by atoms with van der Waals surface area (Å²) >= 11 is 0. The van der Waals surface area contributed by atoms with Crippen molar-refractivity contribution in [3.8, 4) is 0 Å². The van der Waals surface area contributed by atoms with E-state index in [-0.39, 0.29) is 23.7 Å². The summed E-state index contributed by atoms with van der Waals surface area (Å²) in [6.07, 6.45) is 1.94. The first-order valence-corrected chi connectivity index (χ1v) is 11.3. The number of amides is 3. The lowest BCUT2D eigenvalue weighted by Gasteiger charge is -2.29. The third-order valence-corrected chi connectivity index (χ3v) is 5.41. The molecule has 1 unspecified atom stereocenters. The second kappa shape index (κ2) is 11.1. The topological polar surface area (TPSA) is 73.9 Å². The van der Waals surface area contributed by atoms with Crippen LogP contribution in [0.15, 0.2) is 42.5 Å². The second-order valence-corrected chi connectivity index (χ2v) is 8.82. The van der Waals surface area contributed by atoms with Crippen LogP contribution in [-0.4, -0.2) is 56.2 Å². The van der Waals surface area contributed by atoms with Gasteiger partial charge in [-0.25, -0.2) is 9.18 Å². The number of halogens is 1. The maximum atomic E-state index is 13.5. The highest BCUT2D eigenvalue weighted by Gasteiger charge is 2.24. The molecule has 0 radical (unpaired) electrons. The third-order valence-electron chi connectivity index (χ3n) is 5.41. The van der Waals surface area contributed by atoms with Crippen LogP contribution < -0.4 is 15.5 Å². The molecule has 2 N–H and O–H groups in total. The van der Waals surface area contributed by atoms with Gasteiger partial charge < -0.3 is 25.2 Å². The van der Waals surface area contributed by atoms with Gasteiger partial charge in [-0.05, 0) is 68.7 Å². The molecule has 0 saturated carbocycles. The number of benzene rings is 2. The van der Waals surface area contributed by atoms with Crippen LogP contribution in [0.1, 0.15) is 42.6 Å². The van der Waals surface area contributed by atoms with Gasteiger partial charge in [0.25, 0.3) is 5.91 Å². The zero-order valence-corrected chi connectivity index (χ0v) is 19.7. The molecule has 0 spiro atoms. The van der Waals surface area contributed by atoms with E-state index in [0.717, 1.165) is 30.7 Å². The number of nitrogens with one attached hydrogen (secondary N) is 2. The number of nitrogens with zero attached hydrogens (tertiary/aromatic N) is 2. The molecule has 0 aromatic heterocycles. The first-order valence-electron chi connectivity index (χ1n) is 11.3. The zero-order valence-electron chi connectivity index (χ0n) is 19.7. The molecule has 33 heavy (non-hydrogen) atoms. The predicted molar refractivity (Wildman–Crippen MR) is 128 cm³/mol. The van der Waals surface area contributed by atoms with Crippen molar-refractivity contribution in [1.29, 1.82) is 0 Å². The summed E-state index contributed by atoms with van der Waals surface area (Å²) < 4.78 is 19.3. The van der Waals surface area contributed by atoms with Gasteiger partial charge in [0.15, 0.2) is 0 Å². The standard InChI is InChI=1S/C25H33FN4O3/c1-17(2)27-25(32)30(16-22-9-6-12-33-22)15-19-14-21(10-11-23(19)29(3)4)28-24(31)18-7-5-8-20(26)13-18/h5,7-8,10-11,13-14,17,22H,6,9,12,15-16H2,1-4H3,(H,27,32)(H,28,31). The molecule has 2 aromatic rings. The van der Waals surface area contributed by atoms with Gasteiger partial charge in [0.2, 0.25) is 0 Å². The number of anilines is 2. The van der Waals surface area contributed by atoms with Gasteiger partial charge in [0.1, 0.15) is 5.82 Å². The lowest BCUT2D eigenvalue weighted by atomic mass is 10.1. The molecule has 8 heteroatoms. The van der Waals surface area contributed by atoms with E-state index in [2.05, 4.69) is 10.6 Å². The van der Waals surface area contributed by atoms with Crippen LogP contribution in [0.25, 0.3) is 0 Å². The minimum Gasteiger partial charge on any atom is -0.377 e. The van der Waals surface area contributed by atoms with E-state index in [0.29, 0.717) is 18.8 Å². The Kier molecular flexibility index (Phi) is 8.27. The highest BCUT2D eigenvalue weighted by molar-refractivity contribution is 6.04. The molecule has 1 atom stereocenters. The van der Waals surface area contributed by atoms with Crippen LogP contribution >= 0.6 is 0 Å². The van der Waals surface area contributed by atoms with E-state index in [1.807, 2.05) is 45.0 Å². The van der Waals surface area contributed by atoms with E-state index in [4.69, 9.17) is 4.74 Å². The molecule has 1 fully saturated rings.